The summed E-state index contributed by atoms with van der Waals surface area (Å²) < 4.78 is 10.8. The summed E-state index contributed by atoms with van der Waals surface area (Å²) in [7, 11) is 0. The van der Waals surface area contributed by atoms with Crippen molar-refractivity contribution in [2.45, 2.75) is 13.8 Å². The van der Waals surface area contributed by atoms with E-state index in [2.05, 4.69) is 4.98 Å². The zero-order valence-corrected chi connectivity index (χ0v) is 12.2. The van der Waals surface area contributed by atoms with Gasteiger partial charge < -0.3 is 9.15 Å². The Labute approximate surface area is 126 Å². The van der Waals surface area contributed by atoms with Gasteiger partial charge in [0.15, 0.2) is 5.58 Å². The van der Waals surface area contributed by atoms with Crippen molar-refractivity contribution in [3.63, 3.8) is 0 Å². The predicted octanol–water partition coefficient (Wildman–Crippen LogP) is 2.51. The van der Waals surface area contributed by atoms with Gasteiger partial charge in [0, 0.05) is 6.92 Å². The summed E-state index contributed by atoms with van der Waals surface area (Å²) in [6.07, 6.45) is 0. The smallest absolute Gasteiger partial charge is 0.424 e. The van der Waals surface area contributed by atoms with Crippen LogP contribution in [0.3, 0.4) is 0 Å². The second-order valence-corrected chi connectivity index (χ2v) is 5.01. The Kier molecular flexibility index (Phi) is 3.47. The molecule has 110 valence electrons. The lowest BCUT2D eigenvalue weighted by atomic mass is 10.1. The first-order valence-electron chi connectivity index (χ1n) is 6.78. The standard InChI is InChI=1S/C17H13NO4/c1-10-6-7-15-14(8-10)16(20)18-17(22-15)12-4-3-5-13(9-12)21-11(2)19/h3-9H,1-2H3/p+1. The first kappa shape index (κ1) is 14.0. The second-order valence-electron chi connectivity index (χ2n) is 5.01. The zero-order valence-electron chi connectivity index (χ0n) is 12.2. The van der Waals surface area contributed by atoms with Gasteiger partial charge in [0.25, 0.3) is 0 Å². The molecule has 22 heavy (non-hydrogen) atoms. The summed E-state index contributed by atoms with van der Waals surface area (Å²) in [5, 5.41) is 0.500. The number of aryl methyl sites for hydroxylation is 1. The lowest BCUT2D eigenvalue weighted by Crippen LogP contribution is -2.28. The minimum atomic E-state index is -0.406. The van der Waals surface area contributed by atoms with Crippen LogP contribution in [0.5, 0.6) is 5.75 Å². The first-order chi connectivity index (χ1) is 10.5. The Morgan fingerprint density at radius 3 is 2.77 bits per heavy atom. The lowest BCUT2D eigenvalue weighted by Gasteiger charge is -2.02. The van der Waals surface area contributed by atoms with Gasteiger partial charge >= 0.3 is 17.4 Å². The van der Waals surface area contributed by atoms with Crippen molar-refractivity contribution >= 4 is 16.9 Å². The molecule has 1 heterocycles. The average Bonchev–Trinajstić information content (AvgIpc) is 2.47. The van der Waals surface area contributed by atoms with Crippen LogP contribution < -0.4 is 15.3 Å². The fourth-order valence-corrected chi connectivity index (χ4v) is 2.21. The summed E-state index contributed by atoms with van der Waals surface area (Å²) in [6.45, 7) is 3.24. The number of H-pyrrole nitrogens is 1. The van der Waals surface area contributed by atoms with Crippen molar-refractivity contribution in [1.29, 1.82) is 0 Å². The molecule has 3 rings (SSSR count). The summed E-state index contributed by atoms with van der Waals surface area (Å²) in [4.78, 5) is 25.9. The van der Waals surface area contributed by atoms with E-state index < -0.39 is 5.97 Å². The lowest BCUT2D eigenvalue weighted by molar-refractivity contribution is -0.396. The van der Waals surface area contributed by atoms with Gasteiger partial charge in [-0.15, -0.1) is 4.98 Å². The molecule has 2 aromatic carbocycles. The molecular formula is C17H14NO4+. The maximum Gasteiger partial charge on any atom is 0.424 e. The third kappa shape index (κ3) is 2.74. The number of aromatic amines is 1. The van der Waals surface area contributed by atoms with Gasteiger partial charge in [-0.2, -0.15) is 0 Å². The number of nitrogens with one attached hydrogen (secondary N) is 1. The predicted molar refractivity (Wildman–Crippen MR) is 80.5 cm³/mol. The maximum atomic E-state index is 12.2. The molecule has 0 fully saturated rings. The molecule has 1 aromatic heterocycles. The second kappa shape index (κ2) is 5.44. The average molecular weight is 296 g/mol. The van der Waals surface area contributed by atoms with Crippen molar-refractivity contribution in [3.8, 4) is 17.2 Å². The molecule has 0 atom stereocenters. The molecule has 0 aliphatic heterocycles. The van der Waals surface area contributed by atoms with Gasteiger partial charge in [0.1, 0.15) is 11.1 Å². The summed E-state index contributed by atoms with van der Waals surface area (Å²) in [6, 6.07) is 12.2. The minimum absolute atomic E-state index is 0.224. The van der Waals surface area contributed by atoms with Gasteiger partial charge in [-0.1, -0.05) is 12.1 Å². The van der Waals surface area contributed by atoms with E-state index in [1.54, 1.807) is 36.4 Å². The highest BCUT2D eigenvalue weighted by Gasteiger charge is 2.16. The number of hydrogen-bond acceptors (Lipinski definition) is 4. The quantitative estimate of drug-likeness (QED) is 0.538. The molecule has 5 nitrogen and oxygen atoms in total. The largest absolute Gasteiger partial charge is 0.427 e. The van der Waals surface area contributed by atoms with Crippen molar-refractivity contribution in [2.24, 2.45) is 0 Å². The fourth-order valence-electron chi connectivity index (χ4n) is 2.21. The van der Waals surface area contributed by atoms with Gasteiger partial charge in [-0.05, 0) is 42.8 Å². The van der Waals surface area contributed by atoms with E-state index in [4.69, 9.17) is 9.15 Å². The number of hydrogen-bond donors (Lipinski definition) is 0. The molecule has 0 spiro atoms. The highest BCUT2D eigenvalue weighted by Crippen LogP contribution is 2.22. The van der Waals surface area contributed by atoms with E-state index in [0.29, 0.717) is 28.2 Å². The van der Waals surface area contributed by atoms with Crippen LogP contribution in [0, 0.1) is 6.92 Å². The minimum Gasteiger partial charge on any atom is -0.427 e. The van der Waals surface area contributed by atoms with Gasteiger partial charge in [0.05, 0.1) is 5.56 Å². The highest BCUT2D eigenvalue weighted by atomic mass is 16.5. The molecule has 3 aromatic rings. The number of esters is 1. The normalized spacial score (nSPS) is 10.6. The third-order valence-electron chi connectivity index (χ3n) is 3.18. The van der Waals surface area contributed by atoms with Crippen LogP contribution in [0.2, 0.25) is 0 Å². The van der Waals surface area contributed by atoms with Gasteiger partial charge in [0.2, 0.25) is 0 Å². The molecule has 0 amide bonds. The zero-order chi connectivity index (χ0) is 15.7. The topological polar surface area (TPSA) is 70.7 Å². The summed E-state index contributed by atoms with van der Waals surface area (Å²) in [5.41, 5.74) is 1.89. The van der Waals surface area contributed by atoms with Crippen molar-refractivity contribution < 1.29 is 18.9 Å². The van der Waals surface area contributed by atoms with Crippen LogP contribution in [0.15, 0.2) is 51.7 Å². The Balaban J connectivity index is 2.12. The maximum absolute atomic E-state index is 12.2. The Hall–Kier alpha value is -2.95. The Morgan fingerprint density at radius 2 is 2.00 bits per heavy atom. The molecule has 0 aliphatic rings. The SMILES string of the molecule is CC(=O)Oc1cccc(-c2[nH+]c(=O)c3cc(C)ccc3o2)c1. The third-order valence-corrected chi connectivity index (χ3v) is 3.18. The van der Waals surface area contributed by atoms with Crippen LogP contribution in [0.1, 0.15) is 12.5 Å². The van der Waals surface area contributed by atoms with E-state index >= 15 is 0 Å². The van der Waals surface area contributed by atoms with Crippen molar-refractivity contribution in [3.05, 3.63) is 58.4 Å². The van der Waals surface area contributed by atoms with Gasteiger partial charge in [-0.3, -0.25) is 4.79 Å². The van der Waals surface area contributed by atoms with Crippen molar-refractivity contribution in [1.82, 2.24) is 0 Å². The molecule has 5 heteroatoms. The molecule has 0 saturated heterocycles. The molecular weight excluding hydrogens is 282 g/mol. The number of rotatable bonds is 2. The van der Waals surface area contributed by atoms with E-state index in [-0.39, 0.29) is 5.56 Å². The van der Waals surface area contributed by atoms with Crippen LogP contribution >= 0.6 is 0 Å². The number of benzene rings is 2. The van der Waals surface area contributed by atoms with E-state index in [1.807, 2.05) is 13.0 Å². The van der Waals surface area contributed by atoms with Crippen LogP contribution in [0.4, 0.5) is 0 Å². The highest BCUT2D eigenvalue weighted by molar-refractivity contribution is 5.76. The molecule has 0 saturated carbocycles. The number of aromatic nitrogens is 1. The number of fused-ring (bicyclic) bond motifs is 1. The number of carbonyl (C=O) groups excluding carboxylic acids is 1. The van der Waals surface area contributed by atoms with Crippen LogP contribution in [0.25, 0.3) is 22.4 Å². The molecule has 0 bridgehead atoms. The van der Waals surface area contributed by atoms with Gasteiger partial charge in [-0.25, -0.2) is 4.79 Å². The molecule has 0 unspecified atom stereocenters. The van der Waals surface area contributed by atoms with E-state index in [0.717, 1.165) is 5.56 Å². The monoisotopic (exact) mass is 296 g/mol. The molecule has 0 aliphatic carbocycles. The molecule has 0 radical (unpaired) electrons. The Morgan fingerprint density at radius 1 is 1.18 bits per heavy atom. The van der Waals surface area contributed by atoms with Crippen LogP contribution in [-0.4, -0.2) is 5.97 Å². The fraction of sp³-hybridized carbons (Fsp3) is 0.118. The van der Waals surface area contributed by atoms with E-state index in [9.17, 15) is 9.59 Å². The molecule has 1 N–H and O–H groups in total. The summed E-state index contributed by atoms with van der Waals surface area (Å²) >= 11 is 0. The van der Waals surface area contributed by atoms with Crippen molar-refractivity contribution in [2.75, 3.05) is 0 Å². The van der Waals surface area contributed by atoms with E-state index in [1.165, 1.54) is 6.92 Å². The number of carbonyl (C=O) groups is 1. The Bertz CT molecular complexity index is 927. The van der Waals surface area contributed by atoms with Crippen LogP contribution in [-0.2, 0) is 4.79 Å². The first-order valence-corrected chi connectivity index (χ1v) is 6.78. The summed E-state index contributed by atoms with van der Waals surface area (Å²) in [5.74, 6) is 0.303. The number of ether oxygens (including phenoxy) is 1.